The highest BCUT2D eigenvalue weighted by molar-refractivity contribution is 7.86. The molecule has 0 aliphatic heterocycles. The molecular weight excluding hydrogens is 579 g/mol. The normalized spacial score (nSPS) is 23.0. The molecule has 1 N–H and O–H groups in total. The van der Waals surface area contributed by atoms with E-state index >= 15 is 4.57 Å². The van der Waals surface area contributed by atoms with E-state index in [0.717, 1.165) is 12.0 Å². The third-order valence-electron chi connectivity index (χ3n) is 9.91. The first-order valence-electron chi connectivity index (χ1n) is 14.8. The molecule has 0 saturated heterocycles. The lowest BCUT2D eigenvalue weighted by Gasteiger charge is -2.37. The molecule has 0 amide bonds. The predicted octanol–water partition coefficient (Wildman–Crippen LogP) is 6.17. The molecule has 2 aliphatic carbocycles. The number of aliphatic hydroxyl groups excluding tert-OH is 1. The molecule has 228 valence electrons. The van der Waals surface area contributed by atoms with Crippen molar-refractivity contribution < 1.29 is 27.1 Å². The molecule has 43 heavy (non-hydrogen) atoms. The summed E-state index contributed by atoms with van der Waals surface area (Å²) < 4.78 is 47.9. The molecular formula is C35H41O6PS. The van der Waals surface area contributed by atoms with E-state index in [1.807, 2.05) is 80.6 Å². The van der Waals surface area contributed by atoms with Gasteiger partial charge < -0.3 is 9.67 Å². The summed E-state index contributed by atoms with van der Waals surface area (Å²) in [4.78, 5) is 13.0. The van der Waals surface area contributed by atoms with Crippen molar-refractivity contribution in [3.63, 3.8) is 0 Å². The van der Waals surface area contributed by atoms with E-state index in [9.17, 15) is 18.3 Å². The highest BCUT2D eigenvalue weighted by Gasteiger charge is 2.65. The monoisotopic (exact) mass is 620 g/mol. The number of benzene rings is 3. The third kappa shape index (κ3) is 5.73. The Morgan fingerprint density at radius 2 is 1.49 bits per heavy atom. The van der Waals surface area contributed by atoms with Crippen LogP contribution in [-0.4, -0.2) is 37.8 Å². The number of Topliss-reactive ketones (excluding diaryl/α,β-unsaturated/α-hetero) is 1. The predicted molar refractivity (Wildman–Crippen MR) is 172 cm³/mol. The number of ketones is 1. The largest absolute Gasteiger partial charge is 0.388 e. The summed E-state index contributed by atoms with van der Waals surface area (Å²) in [6.45, 7) is 7.05. The molecule has 0 spiro atoms. The van der Waals surface area contributed by atoms with Crippen LogP contribution in [0.2, 0.25) is 0 Å². The smallest absolute Gasteiger partial charge is 0.268 e. The summed E-state index contributed by atoms with van der Waals surface area (Å²) in [7, 11) is -7.74. The van der Waals surface area contributed by atoms with E-state index in [-0.39, 0.29) is 29.4 Å². The van der Waals surface area contributed by atoms with Crippen molar-refractivity contribution in [3.05, 3.63) is 102 Å². The topological polar surface area (TPSA) is 97.7 Å². The van der Waals surface area contributed by atoms with Crippen molar-refractivity contribution >= 4 is 39.7 Å². The second-order valence-electron chi connectivity index (χ2n) is 13.3. The number of fused-ring (bicyclic) bond motifs is 2. The van der Waals surface area contributed by atoms with Gasteiger partial charge in [0, 0.05) is 27.8 Å². The zero-order valence-corrected chi connectivity index (χ0v) is 27.0. The molecule has 1 unspecified atom stereocenters. The van der Waals surface area contributed by atoms with Crippen LogP contribution in [0.25, 0.3) is 6.08 Å². The third-order valence-corrected chi connectivity index (χ3v) is 14.4. The van der Waals surface area contributed by atoms with Gasteiger partial charge in [-0.3, -0.25) is 8.98 Å². The summed E-state index contributed by atoms with van der Waals surface area (Å²) in [6, 6.07) is 27.5. The fourth-order valence-electron chi connectivity index (χ4n) is 6.96. The Kier molecular flexibility index (Phi) is 8.51. The second kappa shape index (κ2) is 11.6. The second-order valence-corrected chi connectivity index (χ2v) is 17.7. The average molecular weight is 621 g/mol. The Hall–Kier alpha value is -2.83. The van der Waals surface area contributed by atoms with Crippen LogP contribution in [-0.2, 0) is 23.7 Å². The van der Waals surface area contributed by atoms with E-state index in [0.29, 0.717) is 23.5 Å². The number of aliphatic hydroxyl groups is 1. The van der Waals surface area contributed by atoms with Crippen LogP contribution < -0.4 is 10.6 Å². The zero-order valence-electron chi connectivity index (χ0n) is 25.3. The lowest BCUT2D eigenvalue weighted by atomic mass is 9.70. The highest BCUT2D eigenvalue weighted by Crippen LogP contribution is 2.64. The standard InChI is InChI=1S/C35H41O6PS/c1-33(2,24-41-43(39,40)25-35-21-20-27(23-31(35)36)34(35,3)4)32(37)30(22-26-14-8-5-9-15-26)42(38,28-16-10-6-11-17-28)29-18-12-7-13-19-29/h5-19,22,27,32,37H,20-21,23-25H2,1-4H3/b30-22+/t27-,32?,35-/m1/s1. The van der Waals surface area contributed by atoms with Crippen molar-refractivity contribution in [1.82, 2.24) is 0 Å². The van der Waals surface area contributed by atoms with Gasteiger partial charge in [-0.1, -0.05) is 119 Å². The summed E-state index contributed by atoms with van der Waals surface area (Å²) >= 11 is 0. The lowest BCUT2D eigenvalue weighted by molar-refractivity contribution is -0.128. The van der Waals surface area contributed by atoms with Crippen molar-refractivity contribution in [2.75, 3.05) is 12.4 Å². The maximum Gasteiger partial charge on any atom is 0.268 e. The van der Waals surface area contributed by atoms with Gasteiger partial charge in [0.25, 0.3) is 10.1 Å². The minimum absolute atomic E-state index is 0.0000358. The van der Waals surface area contributed by atoms with Gasteiger partial charge in [-0.05, 0) is 35.8 Å². The van der Waals surface area contributed by atoms with Crippen LogP contribution in [0.15, 0.2) is 96.3 Å². The van der Waals surface area contributed by atoms with Crippen LogP contribution in [0.1, 0.15) is 52.5 Å². The van der Waals surface area contributed by atoms with Gasteiger partial charge in [-0.15, -0.1) is 0 Å². The maximum atomic E-state index is 15.4. The molecule has 0 heterocycles. The van der Waals surface area contributed by atoms with E-state index < -0.39 is 39.6 Å². The quantitative estimate of drug-likeness (QED) is 0.203. The van der Waals surface area contributed by atoms with Crippen LogP contribution in [0.3, 0.4) is 0 Å². The minimum Gasteiger partial charge on any atom is -0.388 e. The van der Waals surface area contributed by atoms with Gasteiger partial charge in [-0.25, -0.2) is 0 Å². The summed E-state index contributed by atoms with van der Waals surface area (Å²) in [5.41, 5.74) is -1.78. The first-order chi connectivity index (χ1) is 20.2. The summed E-state index contributed by atoms with van der Waals surface area (Å²) in [5.74, 6) is -0.183. The number of rotatable bonds is 11. The molecule has 0 radical (unpaired) electrons. The lowest BCUT2D eigenvalue weighted by Crippen LogP contribution is -2.44. The van der Waals surface area contributed by atoms with E-state index in [2.05, 4.69) is 0 Å². The van der Waals surface area contributed by atoms with Gasteiger partial charge >= 0.3 is 0 Å². The maximum absolute atomic E-state index is 15.4. The summed E-state index contributed by atoms with van der Waals surface area (Å²) in [5, 5.41) is 13.5. The molecule has 0 aromatic heterocycles. The average Bonchev–Trinajstić information content (AvgIpc) is 3.34. The van der Waals surface area contributed by atoms with E-state index in [4.69, 9.17) is 4.18 Å². The number of hydrogen-bond donors (Lipinski definition) is 1. The Bertz CT molecular complexity index is 1600. The van der Waals surface area contributed by atoms with Gasteiger partial charge in [0.15, 0.2) is 7.14 Å². The van der Waals surface area contributed by atoms with Crippen molar-refractivity contribution in [2.24, 2.45) is 22.2 Å². The molecule has 2 saturated carbocycles. The Morgan fingerprint density at radius 3 is 1.95 bits per heavy atom. The Morgan fingerprint density at radius 1 is 0.977 bits per heavy atom. The van der Waals surface area contributed by atoms with Crippen LogP contribution in [0.5, 0.6) is 0 Å². The molecule has 3 atom stereocenters. The fraction of sp³-hybridized carbons (Fsp3) is 0.400. The van der Waals surface area contributed by atoms with Crippen LogP contribution in [0, 0.1) is 22.2 Å². The van der Waals surface area contributed by atoms with E-state index in [1.165, 1.54) is 0 Å². The molecule has 6 nitrogen and oxygen atoms in total. The minimum atomic E-state index is -4.12. The van der Waals surface area contributed by atoms with Gasteiger partial charge in [0.1, 0.15) is 5.78 Å². The number of hydrogen-bond acceptors (Lipinski definition) is 6. The van der Waals surface area contributed by atoms with Crippen LogP contribution in [0.4, 0.5) is 0 Å². The molecule has 3 aromatic carbocycles. The Labute approximate surface area is 255 Å². The van der Waals surface area contributed by atoms with Gasteiger partial charge in [0.2, 0.25) is 0 Å². The van der Waals surface area contributed by atoms with Gasteiger partial charge in [0.05, 0.1) is 23.9 Å². The first kappa shape index (κ1) is 31.6. The first-order valence-corrected chi connectivity index (χ1v) is 18.1. The van der Waals surface area contributed by atoms with Crippen molar-refractivity contribution in [3.8, 4) is 0 Å². The number of carbonyl (C=O) groups excluding carboxylic acids is 1. The Balaban J connectivity index is 1.51. The zero-order chi connectivity index (χ0) is 31.1. The van der Waals surface area contributed by atoms with Crippen LogP contribution >= 0.6 is 7.14 Å². The van der Waals surface area contributed by atoms with Gasteiger partial charge in [-0.2, -0.15) is 8.42 Å². The van der Waals surface area contributed by atoms with Crippen molar-refractivity contribution in [1.29, 1.82) is 0 Å². The number of carbonyl (C=O) groups is 1. The molecule has 2 fully saturated rings. The molecule has 8 heteroatoms. The molecule has 3 aromatic rings. The van der Waals surface area contributed by atoms with Crippen molar-refractivity contribution in [2.45, 2.75) is 53.1 Å². The fourth-order valence-corrected chi connectivity index (χ4v) is 11.9. The SMILES string of the molecule is CC(C)(COS(=O)(=O)C[C@]12CC[C@H](CC1=O)C2(C)C)C(O)/C(=C\c1ccccc1)P(=O)(c1ccccc1)c1ccccc1. The molecule has 5 rings (SSSR count). The summed E-state index contributed by atoms with van der Waals surface area (Å²) in [6.07, 6.45) is 2.20. The molecule has 2 aliphatic rings. The molecule has 2 bridgehead atoms. The van der Waals surface area contributed by atoms with E-state index in [1.54, 1.807) is 44.2 Å². The highest BCUT2D eigenvalue weighted by atomic mass is 32.2.